The summed E-state index contributed by atoms with van der Waals surface area (Å²) in [6, 6.07) is 0. The Morgan fingerprint density at radius 2 is 2.11 bits per heavy atom. The zero-order valence-electron chi connectivity index (χ0n) is 11.8. The molecule has 1 saturated carbocycles. The van der Waals surface area contributed by atoms with Crippen LogP contribution in [0.1, 0.15) is 45.1 Å². The minimum atomic E-state index is -0.253. The fraction of sp³-hybridized carbons (Fsp3) is 0.714. The highest BCUT2D eigenvalue weighted by Crippen LogP contribution is 2.35. The van der Waals surface area contributed by atoms with Gasteiger partial charge in [-0.3, -0.25) is 0 Å². The molecule has 0 spiro atoms. The molecule has 5 nitrogen and oxygen atoms in total. The highest BCUT2D eigenvalue weighted by molar-refractivity contribution is 5.56. The second-order valence-corrected chi connectivity index (χ2v) is 5.69. The average Bonchev–Trinajstić information content (AvgIpc) is 2.42. The van der Waals surface area contributed by atoms with Gasteiger partial charge in [-0.2, -0.15) is 0 Å². The lowest BCUT2D eigenvalue weighted by Gasteiger charge is -2.39. The van der Waals surface area contributed by atoms with Crippen molar-refractivity contribution in [3.8, 4) is 0 Å². The first-order valence-corrected chi connectivity index (χ1v) is 7.08. The molecule has 19 heavy (non-hydrogen) atoms. The van der Waals surface area contributed by atoms with Crippen LogP contribution in [-0.4, -0.2) is 27.2 Å². The third kappa shape index (κ3) is 2.97. The molecule has 0 atom stereocenters. The number of aliphatic hydroxyl groups excluding tert-OH is 1. The Morgan fingerprint density at radius 3 is 2.68 bits per heavy atom. The van der Waals surface area contributed by atoms with Crippen LogP contribution in [0.4, 0.5) is 11.6 Å². The number of hydrogen-bond donors (Lipinski definition) is 3. The Hall–Kier alpha value is -1.36. The minimum absolute atomic E-state index is 0.132. The van der Waals surface area contributed by atoms with E-state index in [1.54, 1.807) is 0 Å². The zero-order chi connectivity index (χ0) is 13.9. The third-order valence-electron chi connectivity index (χ3n) is 4.25. The second-order valence-electron chi connectivity index (χ2n) is 5.69. The fourth-order valence-corrected chi connectivity index (χ4v) is 2.77. The van der Waals surface area contributed by atoms with E-state index in [-0.39, 0.29) is 12.1 Å². The molecule has 4 N–H and O–H groups in total. The van der Waals surface area contributed by atoms with Crippen LogP contribution in [0, 0.1) is 5.92 Å². The molecule has 0 amide bonds. The van der Waals surface area contributed by atoms with E-state index < -0.39 is 0 Å². The van der Waals surface area contributed by atoms with E-state index in [0.717, 1.165) is 49.4 Å². The molecule has 0 aliphatic heterocycles. The van der Waals surface area contributed by atoms with Crippen molar-refractivity contribution in [2.75, 3.05) is 17.7 Å². The molecule has 0 saturated heterocycles. The Bertz CT molecular complexity index is 427. The number of aromatic nitrogens is 2. The van der Waals surface area contributed by atoms with Crippen molar-refractivity contribution in [1.82, 2.24) is 9.97 Å². The summed E-state index contributed by atoms with van der Waals surface area (Å²) in [5, 5.41) is 13.2. The lowest BCUT2D eigenvalue weighted by molar-refractivity contribution is 0.155. The van der Waals surface area contributed by atoms with E-state index in [1.165, 1.54) is 6.33 Å². The van der Waals surface area contributed by atoms with Crippen molar-refractivity contribution in [2.45, 2.75) is 51.5 Å². The molecule has 0 bridgehead atoms. The van der Waals surface area contributed by atoms with Crippen molar-refractivity contribution in [1.29, 1.82) is 0 Å². The van der Waals surface area contributed by atoms with E-state index in [2.05, 4.69) is 22.2 Å². The predicted molar refractivity (Wildman–Crippen MR) is 76.9 cm³/mol. The molecule has 1 aromatic rings. The summed E-state index contributed by atoms with van der Waals surface area (Å²) in [6.07, 6.45) is 6.47. The molecule has 2 rings (SSSR count). The van der Waals surface area contributed by atoms with Crippen molar-refractivity contribution >= 4 is 11.6 Å². The summed E-state index contributed by atoms with van der Waals surface area (Å²) in [4.78, 5) is 8.33. The van der Waals surface area contributed by atoms with Gasteiger partial charge in [0.2, 0.25) is 0 Å². The maximum absolute atomic E-state index is 9.78. The molecule has 1 aliphatic rings. The van der Waals surface area contributed by atoms with Gasteiger partial charge in [0.1, 0.15) is 18.0 Å². The highest BCUT2D eigenvalue weighted by Gasteiger charge is 2.34. The third-order valence-corrected chi connectivity index (χ3v) is 4.25. The number of nitrogens with two attached hydrogens (primary N) is 1. The summed E-state index contributed by atoms with van der Waals surface area (Å²) in [7, 11) is 0. The van der Waals surface area contributed by atoms with E-state index in [9.17, 15) is 5.11 Å². The summed E-state index contributed by atoms with van der Waals surface area (Å²) in [5.41, 5.74) is 6.58. The first kappa shape index (κ1) is 14.1. The summed E-state index contributed by atoms with van der Waals surface area (Å²) in [6.45, 7) is 4.43. The summed E-state index contributed by atoms with van der Waals surface area (Å²) >= 11 is 0. The molecule has 0 unspecified atom stereocenters. The Labute approximate surface area is 114 Å². The van der Waals surface area contributed by atoms with Crippen molar-refractivity contribution < 1.29 is 5.11 Å². The van der Waals surface area contributed by atoms with E-state index in [0.29, 0.717) is 5.82 Å². The number of rotatable bonds is 4. The largest absolute Gasteiger partial charge is 0.394 e. The average molecular weight is 264 g/mol. The molecule has 1 fully saturated rings. The van der Waals surface area contributed by atoms with E-state index in [4.69, 9.17) is 5.73 Å². The van der Waals surface area contributed by atoms with Crippen molar-refractivity contribution in [3.05, 3.63) is 11.9 Å². The molecule has 106 valence electrons. The molecular formula is C14H24N4O. The molecule has 0 radical (unpaired) electrons. The fourth-order valence-electron chi connectivity index (χ4n) is 2.77. The second kappa shape index (κ2) is 5.74. The van der Waals surface area contributed by atoms with E-state index in [1.807, 2.05) is 6.92 Å². The smallest absolute Gasteiger partial charge is 0.135 e. The topological polar surface area (TPSA) is 84.1 Å². The quantitative estimate of drug-likeness (QED) is 0.774. The van der Waals surface area contributed by atoms with Crippen molar-refractivity contribution in [2.24, 2.45) is 5.92 Å². The van der Waals surface area contributed by atoms with Gasteiger partial charge in [0, 0.05) is 5.56 Å². The van der Waals surface area contributed by atoms with Crippen LogP contribution < -0.4 is 11.1 Å². The van der Waals surface area contributed by atoms with Crippen LogP contribution in [-0.2, 0) is 6.42 Å². The first-order chi connectivity index (χ1) is 9.10. The van der Waals surface area contributed by atoms with E-state index >= 15 is 0 Å². The molecule has 5 heteroatoms. The van der Waals surface area contributed by atoms with Crippen LogP contribution in [0.25, 0.3) is 0 Å². The van der Waals surface area contributed by atoms with Gasteiger partial charge < -0.3 is 16.2 Å². The molecular weight excluding hydrogens is 240 g/mol. The molecule has 0 aromatic carbocycles. The maximum atomic E-state index is 9.78. The monoisotopic (exact) mass is 264 g/mol. The lowest BCUT2D eigenvalue weighted by atomic mass is 9.77. The van der Waals surface area contributed by atoms with Gasteiger partial charge >= 0.3 is 0 Å². The Morgan fingerprint density at radius 1 is 1.42 bits per heavy atom. The lowest BCUT2D eigenvalue weighted by Crippen LogP contribution is -2.45. The molecule has 1 aromatic heterocycles. The molecule has 1 heterocycles. The normalized spacial score (nSPS) is 27.2. The van der Waals surface area contributed by atoms with Crippen LogP contribution in [0.3, 0.4) is 0 Å². The summed E-state index contributed by atoms with van der Waals surface area (Å²) in [5.74, 6) is 2.04. The van der Waals surface area contributed by atoms with Crippen molar-refractivity contribution in [3.63, 3.8) is 0 Å². The number of nitrogens with one attached hydrogen (secondary N) is 1. The van der Waals surface area contributed by atoms with Crippen LogP contribution in [0.2, 0.25) is 0 Å². The van der Waals surface area contributed by atoms with Gasteiger partial charge in [-0.25, -0.2) is 9.97 Å². The number of nitrogens with zero attached hydrogens (tertiary/aromatic N) is 2. The maximum Gasteiger partial charge on any atom is 0.135 e. The Balaban J connectivity index is 2.21. The van der Waals surface area contributed by atoms with Crippen LogP contribution in [0.5, 0.6) is 0 Å². The Kier molecular flexibility index (Phi) is 4.24. The zero-order valence-corrected chi connectivity index (χ0v) is 11.8. The van der Waals surface area contributed by atoms with Gasteiger partial charge in [0.15, 0.2) is 0 Å². The van der Waals surface area contributed by atoms with Gasteiger partial charge in [-0.15, -0.1) is 0 Å². The highest BCUT2D eigenvalue weighted by atomic mass is 16.3. The number of anilines is 2. The number of nitrogen functional groups attached to an aromatic ring is 1. The predicted octanol–water partition coefficient (Wildman–Crippen LogP) is 1.97. The van der Waals surface area contributed by atoms with Gasteiger partial charge in [0.25, 0.3) is 0 Å². The summed E-state index contributed by atoms with van der Waals surface area (Å²) < 4.78 is 0. The molecule has 1 aliphatic carbocycles. The number of aliphatic hydroxyl groups is 1. The van der Waals surface area contributed by atoms with Gasteiger partial charge in [-0.1, -0.05) is 13.8 Å². The first-order valence-electron chi connectivity index (χ1n) is 7.08. The van der Waals surface area contributed by atoms with Gasteiger partial charge in [0.05, 0.1) is 12.1 Å². The number of hydrogen-bond acceptors (Lipinski definition) is 5. The van der Waals surface area contributed by atoms with Gasteiger partial charge in [-0.05, 0) is 38.0 Å². The minimum Gasteiger partial charge on any atom is -0.394 e. The van der Waals surface area contributed by atoms with Crippen LogP contribution >= 0.6 is 0 Å². The standard InChI is InChI=1S/C14H24N4O/c1-3-11-12(15)16-9-17-13(11)18-14(8-19)6-4-10(2)5-7-14/h9-10,19H,3-8H2,1-2H3,(H3,15,16,17,18). The van der Waals surface area contributed by atoms with Crippen LogP contribution in [0.15, 0.2) is 6.33 Å². The SMILES string of the molecule is CCc1c(N)ncnc1NC1(CO)CCC(C)CC1.